The average molecular weight is 526 g/mol. The molecule has 11 heteroatoms. The van der Waals surface area contributed by atoms with Gasteiger partial charge in [-0.2, -0.15) is 0 Å². The summed E-state index contributed by atoms with van der Waals surface area (Å²) in [4.78, 5) is 36.6. The highest BCUT2D eigenvalue weighted by molar-refractivity contribution is 6.14. The predicted octanol–water partition coefficient (Wildman–Crippen LogP) is 5.54. The lowest BCUT2D eigenvalue weighted by atomic mass is 10.1. The third kappa shape index (κ3) is 5.00. The number of carbonyl (C=O) groups excluding carboxylic acids is 2. The number of nitrogens with one attached hydrogen (secondary N) is 2. The maximum Gasteiger partial charge on any atom is 0.410 e. The first-order valence-electron chi connectivity index (χ1n) is 12.3. The molecule has 1 aliphatic rings. The number of nitrogens with zero attached hydrogens (tertiary/aromatic N) is 3. The standard InChI is InChI=1S/C27H29F2N5O4/c1-15-11-18-20(33-7-9-34(10-8-33)26(36)38-27(2,3)4)6-5-17(23(18)30-15)25(35)31-16-12-19(29)24-21(13-16)37-22(14-28)32-24/h5-6,11-13,30H,7-10,14H2,1-4H3,(H,31,35). The molecule has 0 atom stereocenters. The molecular formula is C27H29F2N5O4. The molecule has 0 spiro atoms. The van der Waals surface area contributed by atoms with Gasteiger partial charge in [-0.15, -0.1) is 0 Å². The SMILES string of the molecule is Cc1cc2c(N3CCN(C(=O)OC(C)(C)C)CC3)ccc(C(=O)Nc3cc(F)c4nc(CF)oc4c3)c2[nH]1. The Morgan fingerprint density at radius 3 is 2.58 bits per heavy atom. The summed E-state index contributed by atoms with van der Waals surface area (Å²) in [7, 11) is 0. The number of hydrogen-bond acceptors (Lipinski definition) is 6. The minimum Gasteiger partial charge on any atom is -0.444 e. The molecule has 0 radical (unpaired) electrons. The molecule has 2 aromatic carbocycles. The molecule has 2 aromatic heterocycles. The summed E-state index contributed by atoms with van der Waals surface area (Å²) in [6.45, 7) is 8.73. The van der Waals surface area contributed by atoms with Crippen LogP contribution in [0.4, 0.5) is 25.0 Å². The van der Waals surface area contributed by atoms with Gasteiger partial charge < -0.3 is 29.3 Å². The molecule has 3 heterocycles. The van der Waals surface area contributed by atoms with E-state index >= 15 is 0 Å². The second-order valence-corrected chi connectivity index (χ2v) is 10.3. The van der Waals surface area contributed by atoms with E-state index in [-0.39, 0.29) is 28.8 Å². The largest absolute Gasteiger partial charge is 0.444 e. The van der Waals surface area contributed by atoms with Crippen molar-refractivity contribution in [2.24, 2.45) is 0 Å². The van der Waals surface area contributed by atoms with E-state index in [1.54, 1.807) is 11.0 Å². The number of oxazole rings is 1. The summed E-state index contributed by atoms with van der Waals surface area (Å²) in [6, 6.07) is 8.11. The van der Waals surface area contributed by atoms with Gasteiger partial charge in [-0.25, -0.2) is 18.6 Å². The molecule has 1 saturated heterocycles. The molecule has 5 rings (SSSR count). The van der Waals surface area contributed by atoms with Crippen LogP contribution in [0.1, 0.15) is 42.7 Å². The van der Waals surface area contributed by atoms with Crippen molar-refractivity contribution in [3.05, 3.63) is 53.3 Å². The molecular weight excluding hydrogens is 496 g/mol. The van der Waals surface area contributed by atoms with Gasteiger partial charge in [0.25, 0.3) is 5.91 Å². The van der Waals surface area contributed by atoms with Gasteiger partial charge in [-0.1, -0.05) is 0 Å². The number of alkyl halides is 1. The van der Waals surface area contributed by atoms with Gasteiger partial charge in [0.2, 0.25) is 5.89 Å². The first-order valence-corrected chi connectivity index (χ1v) is 12.3. The van der Waals surface area contributed by atoms with Crippen molar-refractivity contribution >= 4 is 45.4 Å². The lowest BCUT2D eigenvalue weighted by molar-refractivity contribution is 0.0240. The summed E-state index contributed by atoms with van der Waals surface area (Å²) >= 11 is 0. The second kappa shape index (κ2) is 9.62. The second-order valence-electron chi connectivity index (χ2n) is 10.3. The fourth-order valence-corrected chi connectivity index (χ4v) is 4.62. The van der Waals surface area contributed by atoms with E-state index in [0.717, 1.165) is 22.8 Å². The Morgan fingerprint density at radius 1 is 1.16 bits per heavy atom. The van der Waals surface area contributed by atoms with Crippen molar-refractivity contribution in [2.45, 2.75) is 40.0 Å². The Morgan fingerprint density at radius 2 is 1.89 bits per heavy atom. The number of amides is 2. The third-order valence-corrected chi connectivity index (χ3v) is 6.29. The van der Waals surface area contributed by atoms with Crippen LogP contribution in [-0.4, -0.2) is 58.6 Å². The zero-order valence-electron chi connectivity index (χ0n) is 21.7. The zero-order valence-corrected chi connectivity index (χ0v) is 21.7. The van der Waals surface area contributed by atoms with E-state index in [0.29, 0.717) is 37.3 Å². The van der Waals surface area contributed by atoms with Crippen LogP contribution in [0.5, 0.6) is 0 Å². The lowest BCUT2D eigenvalue weighted by Crippen LogP contribution is -2.50. The Bertz CT molecular complexity index is 1530. The molecule has 4 aromatic rings. The van der Waals surface area contributed by atoms with E-state index in [2.05, 4.69) is 20.2 Å². The maximum absolute atomic E-state index is 14.5. The topological polar surface area (TPSA) is 104 Å². The first-order chi connectivity index (χ1) is 18.0. The van der Waals surface area contributed by atoms with Gasteiger partial charge in [0.1, 0.15) is 11.1 Å². The quantitative estimate of drug-likeness (QED) is 0.363. The number of aryl methyl sites for hydroxylation is 1. The molecule has 38 heavy (non-hydrogen) atoms. The van der Waals surface area contributed by atoms with E-state index < -0.39 is 24.0 Å². The van der Waals surface area contributed by atoms with Crippen molar-refractivity contribution in [2.75, 3.05) is 36.4 Å². The van der Waals surface area contributed by atoms with E-state index in [9.17, 15) is 18.4 Å². The number of ether oxygens (including phenoxy) is 1. The molecule has 2 amide bonds. The van der Waals surface area contributed by atoms with Crippen LogP contribution in [0, 0.1) is 12.7 Å². The highest BCUT2D eigenvalue weighted by atomic mass is 19.1. The molecule has 1 fully saturated rings. The number of aromatic nitrogens is 2. The van der Waals surface area contributed by atoms with Gasteiger partial charge in [-0.05, 0) is 52.0 Å². The Labute approximate surface area is 217 Å². The monoisotopic (exact) mass is 525 g/mol. The third-order valence-electron chi connectivity index (χ3n) is 6.29. The summed E-state index contributed by atoms with van der Waals surface area (Å²) in [5, 5.41) is 3.57. The van der Waals surface area contributed by atoms with E-state index in [4.69, 9.17) is 9.15 Å². The van der Waals surface area contributed by atoms with Gasteiger partial charge in [0.15, 0.2) is 18.1 Å². The maximum atomic E-state index is 14.5. The van der Waals surface area contributed by atoms with E-state index in [1.165, 1.54) is 6.07 Å². The number of halogens is 2. The van der Waals surface area contributed by atoms with Crippen LogP contribution in [-0.2, 0) is 11.4 Å². The van der Waals surface area contributed by atoms with Crippen LogP contribution in [0.25, 0.3) is 22.0 Å². The van der Waals surface area contributed by atoms with Crippen molar-refractivity contribution in [3.8, 4) is 0 Å². The number of anilines is 2. The van der Waals surface area contributed by atoms with Crippen LogP contribution in [0.2, 0.25) is 0 Å². The smallest absolute Gasteiger partial charge is 0.410 e. The molecule has 2 N–H and O–H groups in total. The first kappa shape index (κ1) is 25.5. The van der Waals surface area contributed by atoms with Crippen molar-refractivity contribution in [1.29, 1.82) is 0 Å². The van der Waals surface area contributed by atoms with Crippen molar-refractivity contribution in [3.63, 3.8) is 0 Å². The summed E-state index contributed by atoms with van der Waals surface area (Å²) in [5.74, 6) is -1.39. The Hall–Kier alpha value is -4.15. The minimum absolute atomic E-state index is 0.0506. The number of aromatic amines is 1. The summed E-state index contributed by atoms with van der Waals surface area (Å²) < 4.78 is 38.1. The number of piperazine rings is 1. The number of benzene rings is 2. The van der Waals surface area contributed by atoms with Gasteiger partial charge in [-0.3, -0.25) is 4.79 Å². The van der Waals surface area contributed by atoms with Crippen molar-refractivity contribution < 1.29 is 27.5 Å². The molecule has 0 saturated carbocycles. The molecule has 0 aliphatic carbocycles. The van der Waals surface area contributed by atoms with Crippen LogP contribution in [0.15, 0.2) is 34.7 Å². The average Bonchev–Trinajstić information content (AvgIpc) is 3.45. The fourth-order valence-electron chi connectivity index (χ4n) is 4.62. The fraction of sp³-hybridized carbons (Fsp3) is 0.370. The summed E-state index contributed by atoms with van der Waals surface area (Å²) in [6.07, 6.45) is -0.326. The molecule has 0 unspecified atom stereocenters. The molecule has 9 nitrogen and oxygen atoms in total. The number of rotatable bonds is 4. The van der Waals surface area contributed by atoms with E-state index in [1.807, 2.05) is 39.8 Å². The number of H-pyrrole nitrogens is 1. The number of fused-ring (bicyclic) bond motifs is 2. The van der Waals surface area contributed by atoms with Crippen LogP contribution >= 0.6 is 0 Å². The van der Waals surface area contributed by atoms with Crippen LogP contribution in [0.3, 0.4) is 0 Å². The molecule has 200 valence electrons. The molecule has 0 bridgehead atoms. The van der Waals surface area contributed by atoms with Gasteiger partial charge in [0, 0.05) is 54.7 Å². The number of carbonyl (C=O) groups is 2. The normalized spacial score (nSPS) is 14.4. The lowest BCUT2D eigenvalue weighted by Gasteiger charge is -2.37. The van der Waals surface area contributed by atoms with Gasteiger partial charge in [0.05, 0.1) is 11.1 Å². The predicted molar refractivity (Wildman–Crippen MR) is 140 cm³/mol. The van der Waals surface area contributed by atoms with Crippen LogP contribution < -0.4 is 10.2 Å². The highest BCUT2D eigenvalue weighted by Gasteiger charge is 2.27. The minimum atomic E-state index is -0.956. The zero-order chi connectivity index (χ0) is 27.2. The van der Waals surface area contributed by atoms with Crippen molar-refractivity contribution in [1.82, 2.24) is 14.9 Å². The summed E-state index contributed by atoms with van der Waals surface area (Å²) in [5.41, 5.74) is 2.42. The number of hydrogen-bond donors (Lipinski definition) is 2. The Kier molecular flexibility index (Phi) is 6.46. The molecule has 1 aliphatic heterocycles. The highest BCUT2D eigenvalue weighted by Crippen LogP contribution is 2.32. The van der Waals surface area contributed by atoms with Gasteiger partial charge >= 0.3 is 6.09 Å². The Balaban J connectivity index is 1.37.